The second kappa shape index (κ2) is 5.08. The van der Waals surface area contributed by atoms with E-state index in [1.807, 2.05) is 10.9 Å². The van der Waals surface area contributed by atoms with E-state index in [1.54, 1.807) is 0 Å². The normalized spacial score (nSPS) is 11.1. The molecule has 2 rings (SSSR count). The van der Waals surface area contributed by atoms with E-state index in [0.29, 0.717) is 5.92 Å². The van der Waals surface area contributed by atoms with Crippen LogP contribution in [0.1, 0.15) is 13.8 Å². The summed E-state index contributed by atoms with van der Waals surface area (Å²) in [7, 11) is 0. The molecule has 1 aromatic heterocycles. The summed E-state index contributed by atoms with van der Waals surface area (Å²) in [5, 5.41) is 4.54. The van der Waals surface area contributed by atoms with Crippen LogP contribution in [0.4, 0.5) is 5.69 Å². The number of anilines is 1. The Labute approximate surface area is 115 Å². The zero-order chi connectivity index (χ0) is 12.4. The van der Waals surface area contributed by atoms with Crippen LogP contribution in [0, 0.1) is 9.49 Å². The highest BCUT2D eigenvalue weighted by molar-refractivity contribution is 14.1. The Morgan fingerprint density at radius 3 is 2.53 bits per heavy atom. The van der Waals surface area contributed by atoms with Gasteiger partial charge in [-0.2, -0.15) is 5.10 Å². The Hall–Kier alpha value is -1.04. The fourth-order valence-corrected chi connectivity index (χ4v) is 2.10. The average molecular weight is 341 g/mol. The largest absolute Gasteiger partial charge is 0.396 e. The van der Waals surface area contributed by atoms with E-state index in [-0.39, 0.29) is 0 Å². The fourth-order valence-electron chi connectivity index (χ4n) is 1.74. The topological polar surface area (TPSA) is 43.8 Å². The monoisotopic (exact) mass is 341 g/mol. The number of hydrogen-bond donors (Lipinski definition) is 1. The lowest BCUT2D eigenvalue weighted by Gasteiger charge is -2.03. The van der Waals surface area contributed by atoms with Gasteiger partial charge in [0.05, 0.1) is 5.69 Å². The van der Waals surface area contributed by atoms with Crippen LogP contribution < -0.4 is 5.73 Å². The molecule has 3 nitrogen and oxygen atoms in total. The van der Waals surface area contributed by atoms with Crippen molar-refractivity contribution in [1.29, 1.82) is 0 Å². The van der Waals surface area contributed by atoms with Crippen LogP contribution in [-0.4, -0.2) is 9.78 Å². The van der Waals surface area contributed by atoms with Crippen LogP contribution in [0.3, 0.4) is 0 Å². The molecule has 17 heavy (non-hydrogen) atoms. The number of nitrogens with zero attached hydrogens (tertiary/aromatic N) is 2. The molecule has 1 heterocycles. The number of aromatic nitrogens is 2. The Balaban J connectivity index is 2.32. The molecule has 0 aliphatic rings. The molecule has 1 aromatic carbocycles. The summed E-state index contributed by atoms with van der Waals surface area (Å²) in [6.07, 6.45) is 1.91. The lowest BCUT2D eigenvalue weighted by molar-refractivity contribution is 0.484. The van der Waals surface area contributed by atoms with Crippen molar-refractivity contribution in [2.24, 2.45) is 5.92 Å². The summed E-state index contributed by atoms with van der Waals surface area (Å²) < 4.78 is 3.14. The number of halogens is 1. The summed E-state index contributed by atoms with van der Waals surface area (Å²) in [6.45, 7) is 5.24. The Bertz CT molecular complexity index is 500. The first-order chi connectivity index (χ1) is 8.06. The van der Waals surface area contributed by atoms with Gasteiger partial charge in [0.1, 0.15) is 5.69 Å². The number of rotatable bonds is 3. The Morgan fingerprint density at radius 2 is 1.94 bits per heavy atom. The molecule has 2 aromatic rings. The molecule has 2 N–H and O–H groups in total. The van der Waals surface area contributed by atoms with E-state index in [4.69, 9.17) is 5.73 Å². The van der Waals surface area contributed by atoms with Gasteiger partial charge in [-0.1, -0.05) is 26.0 Å². The van der Waals surface area contributed by atoms with Gasteiger partial charge in [0.15, 0.2) is 0 Å². The van der Waals surface area contributed by atoms with Crippen molar-refractivity contribution >= 4 is 28.3 Å². The molecule has 0 radical (unpaired) electrons. The van der Waals surface area contributed by atoms with Crippen LogP contribution in [0.15, 0.2) is 30.5 Å². The minimum absolute atomic E-state index is 0.568. The maximum atomic E-state index is 6.00. The van der Waals surface area contributed by atoms with Crippen molar-refractivity contribution in [3.05, 3.63) is 34.0 Å². The van der Waals surface area contributed by atoms with Gasteiger partial charge >= 0.3 is 0 Å². The van der Waals surface area contributed by atoms with E-state index >= 15 is 0 Å². The zero-order valence-electron chi connectivity index (χ0n) is 10.0. The second-order valence-electron chi connectivity index (χ2n) is 4.56. The highest BCUT2D eigenvalue weighted by Crippen LogP contribution is 2.24. The van der Waals surface area contributed by atoms with E-state index in [9.17, 15) is 0 Å². The summed E-state index contributed by atoms with van der Waals surface area (Å²) in [4.78, 5) is 0. The van der Waals surface area contributed by atoms with Gasteiger partial charge in [-0.25, -0.2) is 0 Å². The van der Waals surface area contributed by atoms with Crippen molar-refractivity contribution < 1.29 is 0 Å². The quantitative estimate of drug-likeness (QED) is 0.870. The number of hydrogen-bond acceptors (Lipinski definition) is 2. The van der Waals surface area contributed by atoms with Gasteiger partial charge < -0.3 is 5.73 Å². The third-order valence-electron chi connectivity index (χ3n) is 2.46. The summed E-state index contributed by atoms with van der Waals surface area (Å²) in [5.41, 5.74) is 8.70. The van der Waals surface area contributed by atoms with E-state index in [1.165, 1.54) is 3.57 Å². The molecule has 0 spiro atoms. The summed E-state index contributed by atoms with van der Waals surface area (Å²) >= 11 is 2.29. The van der Waals surface area contributed by atoms with E-state index in [2.05, 4.69) is 65.8 Å². The molecule has 0 unspecified atom stereocenters. The minimum atomic E-state index is 0.568. The minimum Gasteiger partial charge on any atom is -0.396 e. The van der Waals surface area contributed by atoms with Crippen molar-refractivity contribution in [3.63, 3.8) is 0 Å². The van der Waals surface area contributed by atoms with Gasteiger partial charge in [0, 0.05) is 21.9 Å². The average Bonchev–Trinajstić information content (AvgIpc) is 2.59. The number of nitrogens with two attached hydrogens (primary N) is 1. The Kier molecular flexibility index (Phi) is 3.71. The third kappa shape index (κ3) is 3.00. The molecule has 0 bridgehead atoms. The molecule has 0 saturated carbocycles. The molecule has 0 aliphatic carbocycles. The standard InChI is InChI=1S/C13H16IN3/c1-9(2)7-17-8-12(15)13(16-17)10-3-5-11(14)6-4-10/h3-6,8-9H,7,15H2,1-2H3. The molecule has 0 atom stereocenters. The van der Waals surface area contributed by atoms with Crippen LogP contribution in [0.2, 0.25) is 0 Å². The molecular formula is C13H16IN3. The fraction of sp³-hybridized carbons (Fsp3) is 0.308. The van der Waals surface area contributed by atoms with Crippen molar-refractivity contribution in [1.82, 2.24) is 9.78 Å². The van der Waals surface area contributed by atoms with Crippen LogP contribution in [-0.2, 0) is 6.54 Å². The lowest BCUT2D eigenvalue weighted by atomic mass is 10.1. The molecule has 0 saturated heterocycles. The van der Waals surface area contributed by atoms with E-state index < -0.39 is 0 Å². The van der Waals surface area contributed by atoms with Gasteiger partial charge in [-0.15, -0.1) is 0 Å². The maximum Gasteiger partial charge on any atom is 0.115 e. The second-order valence-corrected chi connectivity index (χ2v) is 5.80. The maximum absolute atomic E-state index is 6.00. The first-order valence-corrected chi connectivity index (χ1v) is 6.73. The zero-order valence-corrected chi connectivity index (χ0v) is 12.2. The first kappa shape index (κ1) is 12.4. The van der Waals surface area contributed by atoms with Gasteiger partial charge in [-0.05, 0) is 40.6 Å². The van der Waals surface area contributed by atoms with Gasteiger partial charge in [-0.3, -0.25) is 4.68 Å². The molecule has 0 fully saturated rings. The predicted octanol–water partition coefficient (Wildman–Crippen LogP) is 3.39. The molecule has 0 amide bonds. The highest BCUT2D eigenvalue weighted by Gasteiger charge is 2.09. The summed E-state index contributed by atoms with van der Waals surface area (Å²) in [6, 6.07) is 8.24. The third-order valence-corrected chi connectivity index (χ3v) is 3.18. The molecule has 0 aliphatic heterocycles. The number of benzene rings is 1. The molecular weight excluding hydrogens is 325 g/mol. The smallest absolute Gasteiger partial charge is 0.115 e. The highest BCUT2D eigenvalue weighted by atomic mass is 127. The first-order valence-electron chi connectivity index (χ1n) is 5.65. The molecule has 90 valence electrons. The van der Waals surface area contributed by atoms with Crippen molar-refractivity contribution in [3.8, 4) is 11.3 Å². The van der Waals surface area contributed by atoms with E-state index in [0.717, 1.165) is 23.5 Å². The Morgan fingerprint density at radius 1 is 1.29 bits per heavy atom. The number of nitrogen functional groups attached to an aromatic ring is 1. The summed E-state index contributed by atoms with van der Waals surface area (Å²) in [5.74, 6) is 0.568. The SMILES string of the molecule is CC(C)Cn1cc(N)c(-c2ccc(I)cc2)n1. The van der Waals surface area contributed by atoms with Crippen molar-refractivity contribution in [2.45, 2.75) is 20.4 Å². The van der Waals surface area contributed by atoms with Gasteiger partial charge in [0.2, 0.25) is 0 Å². The van der Waals surface area contributed by atoms with Gasteiger partial charge in [0.25, 0.3) is 0 Å². The van der Waals surface area contributed by atoms with Crippen LogP contribution in [0.25, 0.3) is 11.3 Å². The van der Waals surface area contributed by atoms with Crippen LogP contribution in [0.5, 0.6) is 0 Å². The van der Waals surface area contributed by atoms with Crippen molar-refractivity contribution in [2.75, 3.05) is 5.73 Å². The van der Waals surface area contributed by atoms with Crippen LogP contribution >= 0.6 is 22.6 Å². The lowest BCUT2D eigenvalue weighted by Crippen LogP contribution is -2.04. The predicted molar refractivity (Wildman–Crippen MR) is 79.6 cm³/mol. The molecule has 4 heteroatoms.